The quantitative estimate of drug-likeness (QED) is 0.906. The van der Waals surface area contributed by atoms with Gasteiger partial charge in [0, 0.05) is 12.6 Å². The minimum Gasteiger partial charge on any atom is -0.352 e. The summed E-state index contributed by atoms with van der Waals surface area (Å²) in [5.41, 5.74) is 0.265. The van der Waals surface area contributed by atoms with Gasteiger partial charge in [0.25, 0.3) is 5.91 Å². The van der Waals surface area contributed by atoms with Gasteiger partial charge in [-0.25, -0.2) is 4.39 Å². The Morgan fingerprint density at radius 3 is 2.76 bits per heavy atom. The number of benzene rings is 1. The molecule has 0 radical (unpaired) electrons. The van der Waals surface area contributed by atoms with E-state index < -0.39 is 11.9 Å². The first-order valence-corrected chi connectivity index (χ1v) is 7.92. The van der Waals surface area contributed by atoms with Crippen LogP contribution in [0.2, 0.25) is 0 Å². The van der Waals surface area contributed by atoms with Crippen LogP contribution in [0.5, 0.6) is 0 Å². The van der Waals surface area contributed by atoms with Gasteiger partial charge in [-0.15, -0.1) is 0 Å². The maximum Gasteiger partial charge on any atom is 0.255 e. The zero-order valence-corrected chi connectivity index (χ0v) is 13.0. The number of amides is 2. The van der Waals surface area contributed by atoms with Gasteiger partial charge >= 0.3 is 0 Å². The Bertz CT molecular complexity index is 589. The molecular weight excluding hydrogens is 339 g/mol. The summed E-state index contributed by atoms with van der Waals surface area (Å²) < 4.78 is 13.7. The number of rotatable bonds is 3. The van der Waals surface area contributed by atoms with Gasteiger partial charge in [0.1, 0.15) is 11.9 Å². The number of hydrogen-bond donors (Lipinski definition) is 1. The molecule has 6 heteroatoms. The third kappa shape index (κ3) is 2.95. The standard InChI is InChI=1S/C15H16BrFN2O2/c16-13-10(3-1-4-11(13)17)15(21)19-8-2-5-12(19)14(20)18-9-6-7-9/h1,3-4,9,12H,2,5-8H2,(H,18,20). The number of nitrogens with zero attached hydrogens (tertiary/aromatic N) is 1. The lowest BCUT2D eigenvalue weighted by molar-refractivity contribution is -0.125. The lowest BCUT2D eigenvalue weighted by atomic mass is 10.1. The molecule has 1 aliphatic carbocycles. The number of nitrogens with one attached hydrogen (secondary N) is 1. The summed E-state index contributed by atoms with van der Waals surface area (Å²) in [6, 6.07) is 4.21. The number of likely N-dealkylation sites (tertiary alicyclic amines) is 1. The molecule has 1 aromatic rings. The van der Waals surface area contributed by atoms with E-state index in [4.69, 9.17) is 0 Å². The highest BCUT2D eigenvalue weighted by Crippen LogP contribution is 2.27. The molecule has 112 valence electrons. The molecule has 1 atom stereocenters. The van der Waals surface area contributed by atoms with E-state index in [1.807, 2.05) is 0 Å². The van der Waals surface area contributed by atoms with Crippen LogP contribution in [0.1, 0.15) is 36.0 Å². The Balaban J connectivity index is 1.79. The van der Waals surface area contributed by atoms with Gasteiger partial charge in [-0.1, -0.05) is 6.07 Å². The predicted molar refractivity (Wildman–Crippen MR) is 79.3 cm³/mol. The Kier molecular flexibility index (Phi) is 3.97. The van der Waals surface area contributed by atoms with Crippen molar-refractivity contribution in [3.8, 4) is 0 Å². The number of carbonyl (C=O) groups excluding carboxylic acids is 2. The molecule has 1 saturated carbocycles. The number of halogens is 2. The molecular formula is C15H16BrFN2O2. The van der Waals surface area contributed by atoms with Gasteiger partial charge in [-0.3, -0.25) is 9.59 Å². The molecule has 1 aliphatic heterocycles. The fourth-order valence-electron chi connectivity index (χ4n) is 2.63. The summed E-state index contributed by atoms with van der Waals surface area (Å²) >= 11 is 3.11. The van der Waals surface area contributed by atoms with Gasteiger partial charge in [0.05, 0.1) is 10.0 Å². The highest BCUT2D eigenvalue weighted by Gasteiger charge is 2.37. The Labute approximate surface area is 130 Å². The van der Waals surface area contributed by atoms with Crippen molar-refractivity contribution in [1.82, 2.24) is 10.2 Å². The Morgan fingerprint density at radius 2 is 2.05 bits per heavy atom. The van der Waals surface area contributed by atoms with Crippen molar-refractivity contribution >= 4 is 27.7 Å². The van der Waals surface area contributed by atoms with E-state index in [2.05, 4.69) is 21.2 Å². The molecule has 0 bridgehead atoms. The van der Waals surface area contributed by atoms with Crippen LogP contribution in [-0.4, -0.2) is 35.3 Å². The second kappa shape index (κ2) is 5.75. The summed E-state index contributed by atoms with van der Waals surface area (Å²) in [6.07, 6.45) is 3.49. The lowest BCUT2D eigenvalue weighted by Crippen LogP contribution is -2.46. The summed E-state index contributed by atoms with van der Waals surface area (Å²) in [4.78, 5) is 26.3. The van der Waals surface area contributed by atoms with Crippen LogP contribution >= 0.6 is 15.9 Å². The molecule has 2 amide bonds. The zero-order valence-electron chi connectivity index (χ0n) is 11.4. The molecule has 1 heterocycles. The average molecular weight is 355 g/mol. The maximum atomic E-state index is 13.6. The molecule has 1 unspecified atom stereocenters. The van der Waals surface area contributed by atoms with E-state index in [9.17, 15) is 14.0 Å². The average Bonchev–Trinajstić information content (AvgIpc) is 3.14. The van der Waals surface area contributed by atoms with E-state index in [0.717, 1.165) is 19.3 Å². The highest BCUT2D eigenvalue weighted by atomic mass is 79.9. The van der Waals surface area contributed by atoms with Crippen molar-refractivity contribution in [3.63, 3.8) is 0 Å². The molecule has 1 N–H and O–H groups in total. The molecule has 3 rings (SSSR count). The molecule has 2 fully saturated rings. The second-order valence-corrected chi connectivity index (χ2v) is 6.33. The van der Waals surface area contributed by atoms with E-state index in [1.54, 1.807) is 11.0 Å². The molecule has 0 spiro atoms. The Hall–Kier alpha value is -1.43. The first-order valence-electron chi connectivity index (χ1n) is 7.13. The first-order chi connectivity index (χ1) is 10.1. The van der Waals surface area contributed by atoms with Crippen LogP contribution in [0.15, 0.2) is 22.7 Å². The third-order valence-electron chi connectivity index (χ3n) is 3.92. The van der Waals surface area contributed by atoms with Crippen LogP contribution in [0.3, 0.4) is 0 Å². The molecule has 0 aromatic heterocycles. The van der Waals surface area contributed by atoms with Crippen molar-refractivity contribution in [3.05, 3.63) is 34.1 Å². The van der Waals surface area contributed by atoms with Crippen molar-refractivity contribution in [2.24, 2.45) is 0 Å². The predicted octanol–water partition coefficient (Wildman–Crippen LogP) is 2.47. The second-order valence-electron chi connectivity index (χ2n) is 5.54. The SMILES string of the molecule is O=C(NC1CC1)C1CCCN1C(=O)c1cccc(F)c1Br. The van der Waals surface area contributed by atoms with Crippen molar-refractivity contribution in [2.75, 3.05) is 6.54 Å². The summed E-state index contributed by atoms with van der Waals surface area (Å²) in [5.74, 6) is -0.857. The lowest BCUT2D eigenvalue weighted by Gasteiger charge is -2.24. The summed E-state index contributed by atoms with van der Waals surface area (Å²) in [7, 11) is 0. The van der Waals surface area contributed by atoms with Gasteiger partial charge in [-0.05, 0) is 53.7 Å². The molecule has 2 aliphatic rings. The minimum absolute atomic E-state index is 0.0872. The van der Waals surface area contributed by atoms with Gasteiger partial charge < -0.3 is 10.2 Å². The summed E-state index contributed by atoms with van der Waals surface area (Å²) in [6.45, 7) is 0.532. The van der Waals surface area contributed by atoms with Crippen molar-refractivity contribution in [1.29, 1.82) is 0 Å². The van der Waals surface area contributed by atoms with Crippen LogP contribution in [0.4, 0.5) is 4.39 Å². The fourth-order valence-corrected chi connectivity index (χ4v) is 3.07. The third-order valence-corrected chi connectivity index (χ3v) is 4.73. The van der Waals surface area contributed by atoms with E-state index in [-0.39, 0.29) is 27.9 Å². The smallest absolute Gasteiger partial charge is 0.255 e. The largest absolute Gasteiger partial charge is 0.352 e. The highest BCUT2D eigenvalue weighted by molar-refractivity contribution is 9.10. The monoisotopic (exact) mass is 354 g/mol. The number of carbonyl (C=O) groups is 2. The van der Waals surface area contributed by atoms with Crippen LogP contribution in [0, 0.1) is 5.82 Å². The number of hydrogen-bond acceptors (Lipinski definition) is 2. The molecule has 1 saturated heterocycles. The van der Waals surface area contributed by atoms with E-state index in [1.165, 1.54) is 12.1 Å². The normalized spacial score (nSPS) is 21.4. The zero-order chi connectivity index (χ0) is 15.0. The van der Waals surface area contributed by atoms with Crippen LogP contribution in [0.25, 0.3) is 0 Å². The topological polar surface area (TPSA) is 49.4 Å². The van der Waals surface area contributed by atoms with Crippen molar-refractivity contribution in [2.45, 2.75) is 37.8 Å². The fraction of sp³-hybridized carbons (Fsp3) is 0.467. The van der Waals surface area contributed by atoms with Gasteiger partial charge in [0.2, 0.25) is 5.91 Å². The molecule has 1 aromatic carbocycles. The molecule has 4 nitrogen and oxygen atoms in total. The molecule has 21 heavy (non-hydrogen) atoms. The summed E-state index contributed by atoms with van der Waals surface area (Å²) in [5, 5.41) is 2.94. The van der Waals surface area contributed by atoms with E-state index in [0.29, 0.717) is 13.0 Å². The van der Waals surface area contributed by atoms with E-state index >= 15 is 0 Å². The van der Waals surface area contributed by atoms with Gasteiger partial charge in [0.15, 0.2) is 0 Å². The Morgan fingerprint density at radius 1 is 1.29 bits per heavy atom. The van der Waals surface area contributed by atoms with Crippen molar-refractivity contribution < 1.29 is 14.0 Å². The minimum atomic E-state index is -0.473. The van der Waals surface area contributed by atoms with Crippen LogP contribution < -0.4 is 5.32 Å². The maximum absolute atomic E-state index is 13.6. The van der Waals surface area contributed by atoms with Gasteiger partial charge in [-0.2, -0.15) is 0 Å². The van der Waals surface area contributed by atoms with Crippen LogP contribution in [-0.2, 0) is 4.79 Å². The first kappa shape index (κ1) is 14.5.